The Morgan fingerprint density at radius 3 is 3.12 bits per heavy atom. The number of carbonyl (C=O) groups is 1. The molecule has 1 aromatic heterocycles. The molecule has 0 unspecified atom stereocenters. The molecule has 0 saturated heterocycles. The SMILES string of the molecule is CCCCOC(=O)n1ncc2cc(Br)ccc21. The molecule has 0 aliphatic heterocycles. The summed E-state index contributed by atoms with van der Waals surface area (Å²) < 4.78 is 7.37. The molecule has 2 rings (SSSR count). The van der Waals surface area contributed by atoms with Gasteiger partial charge in [-0.05, 0) is 24.6 Å². The Morgan fingerprint density at radius 2 is 2.35 bits per heavy atom. The average Bonchev–Trinajstić information content (AvgIpc) is 2.72. The summed E-state index contributed by atoms with van der Waals surface area (Å²) in [6.45, 7) is 2.49. The topological polar surface area (TPSA) is 44.1 Å². The molecular formula is C12H13BrN2O2. The Balaban J connectivity index is 2.21. The lowest BCUT2D eigenvalue weighted by Gasteiger charge is -2.04. The summed E-state index contributed by atoms with van der Waals surface area (Å²) in [6.07, 6.45) is 3.10. The average molecular weight is 297 g/mol. The number of halogens is 1. The Bertz CT molecular complexity index is 536. The van der Waals surface area contributed by atoms with Crippen LogP contribution in [-0.4, -0.2) is 22.5 Å². The molecule has 2 aromatic rings. The lowest BCUT2D eigenvalue weighted by molar-refractivity contribution is 0.144. The number of hydrogen-bond donors (Lipinski definition) is 0. The van der Waals surface area contributed by atoms with Crippen molar-refractivity contribution in [2.75, 3.05) is 6.61 Å². The molecule has 5 heteroatoms. The van der Waals surface area contributed by atoms with E-state index in [1.54, 1.807) is 6.20 Å². The quantitative estimate of drug-likeness (QED) is 0.813. The summed E-state index contributed by atoms with van der Waals surface area (Å²) in [5.74, 6) is 0. The summed E-state index contributed by atoms with van der Waals surface area (Å²) in [5.41, 5.74) is 0.759. The van der Waals surface area contributed by atoms with Gasteiger partial charge in [-0.3, -0.25) is 0 Å². The Kier molecular flexibility index (Phi) is 3.78. The van der Waals surface area contributed by atoms with Crippen LogP contribution in [0.15, 0.2) is 28.9 Å². The van der Waals surface area contributed by atoms with Gasteiger partial charge in [0.2, 0.25) is 0 Å². The molecule has 4 nitrogen and oxygen atoms in total. The third kappa shape index (κ3) is 2.66. The first-order chi connectivity index (χ1) is 8.22. The van der Waals surface area contributed by atoms with E-state index in [2.05, 4.69) is 28.0 Å². The zero-order chi connectivity index (χ0) is 12.3. The first-order valence-electron chi connectivity index (χ1n) is 5.53. The molecule has 0 N–H and O–H groups in total. The van der Waals surface area contributed by atoms with E-state index >= 15 is 0 Å². The molecule has 1 aromatic carbocycles. The minimum absolute atomic E-state index is 0.421. The maximum absolute atomic E-state index is 11.7. The van der Waals surface area contributed by atoms with Crippen LogP contribution in [0, 0.1) is 0 Å². The van der Waals surface area contributed by atoms with Crippen LogP contribution < -0.4 is 0 Å². The summed E-state index contributed by atoms with van der Waals surface area (Å²) >= 11 is 3.38. The van der Waals surface area contributed by atoms with E-state index in [0.717, 1.165) is 28.2 Å². The maximum Gasteiger partial charge on any atom is 0.435 e. The van der Waals surface area contributed by atoms with Gasteiger partial charge >= 0.3 is 6.09 Å². The van der Waals surface area contributed by atoms with Gasteiger partial charge in [0.25, 0.3) is 0 Å². The largest absolute Gasteiger partial charge is 0.448 e. The minimum atomic E-state index is -0.421. The van der Waals surface area contributed by atoms with Gasteiger partial charge < -0.3 is 4.74 Å². The molecule has 0 aliphatic rings. The second-order valence-electron chi connectivity index (χ2n) is 3.73. The number of hydrogen-bond acceptors (Lipinski definition) is 3. The molecule has 0 fully saturated rings. The zero-order valence-electron chi connectivity index (χ0n) is 9.52. The molecule has 0 spiro atoms. The predicted molar refractivity (Wildman–Crippen MR) is 69.1 cm³/mol. The van der Waals surface area contributed by atoms with Crippen molar-refractivity contribution in [2.24, 2.45) is 0 Å². The molecule has 0 bridgehead atoms. The standard InChI is InChI=1S/C12H13BrN2O2/c1-2-3-6-17-12(16)15-11-5-4-10(13)7-9(11)8-14-15/h4-5,7-8H,2-3,6H2,1H3. The van der Waals surface area contributed by atoms with Gasteiger partial charge in [0.15, 0.2) is 0 Å². The van der Waals surface area contributed by atoms with Crippen LogP contribution >= 0.6 is 15.9 Å². The molecule has 1 heterocycles. The van der Waals surface area contributed by atoms with Crippen molar-refractivity contribution in [3.63, 3.8) is 0 Å². The molecular weight excluding hydrogens is 284 g/mol. The second kappa shape index (κ2) is 5.31. The van der Waals surface area contributed by atoms with Gasteiger partial charge in [0, 0.05) is 9.86 Å². The number of ether oxygens (including phenoxy) is 1. The van der Waals surface area contributed by atoms with Crippen LogP contribution in [0.25, 0.3) is 10.9 Å². The molecule has 0 saturated carbocycles. The van der Waals surface area contributed by atoms with Crippen molar-refractivity contribution < 1.29 is 9.53 Å². The van der Waals surface area contributed by atoms with Crippen molar-refractivity contribution in [1.29, 1.82) is 0 Å². The van der Waals surface area contributed by atoms with E-state index < -0.39 is 6.09 Å². The second-order valence-corrected chi connectivity index (χ2v) is 4.64. The fraction of sp³-hybridized carbons (Fsp3) is 0.333. The third-order valence-corrected chi connectivity index (χ3v) is 2.92. The highest BCUT2D eigenvalue weighted by Crippen LogP contribution is 2.19. The van der Waals surface area contributed by atoms with Gasteiger partial charge in [-0.25, -0.2) is 4.79 Å². The summed E-state index contributed by atoms with van der Waals surface area (Å²) in [4.78, 5) is 11.7. The van der Waals surface area contributed by atoms with Crippen molar-refractivity contribution in [2.45, 2.75) is 19.8 Å². The van der Waals surface area contributed by atoms with Crippen molar-refractivity contribution in [3.05, 3.63) is 28.9 Å². The number of aromatic nitrogens is 2. The highest BCUT2D eigenvalue weighted by atomic mass is 79.9. The summed E-state index contributed by atoms with van der Waals surface area (Å²) in [6, 6.07) is 5.63. The summed E-state index contributed by atoms with van der Waals surface area (Å²) in [7, 11) is 0. The van der Waals surface area contributed by atoms with Gasteiger partial charge in [0.05, 0.1) is 18.3 Å². The predicted octanol–water partition coefficient (Wildman–Crippen LogP) is 3.58. The lowest BCUT2D eigenvalue weighted by Crippen LogP contribution is -2.15. The Hall–Kier alpha value is -1.36. The van der Waals surface area contributed by atoms with Gasteiger partial charge in [-0.1, -0.05) is 29.3 Å². The molecule has 0 radical (unpaired) electrons. The minimum Gasteiger partial charge on any atom is -0.448 e. The van der Waals surface area contributed by atoms with Crippen LogP contribution in [0.4, 0.5) is 4.79 Å². The normalized spacial score (nSPS) is 10.7. The van der Waals surface area contributed by atoms with Crippen LogP contribution in [0.2, 0.25) is 0 Å². The maximum atomic E-state index is 11.7. The van der Waals surface area contributed by atoms with Crippen LogP contribution in [-0.2, 0) is 4.74 Å². The van der Waals surface area contributed by atoms with E-state index in [1.165, 1.54) is 4.68 Å². The molecule has 90 valence electrons. The number of unbranched alkanes of at least 4 members (excludes halogenated alkanes) is 1. The van der Waals surface area contributed by atoms with E-state index in [0.29, 0.717) is 6.61 Å². The first kappa shape index (κ1) is 12.1. The molecule has 0 aliphatic carbocycles. The molecule has 17 heavy (non-hydrogen) atoms. The highest BCUT2D eigenvalue weighted by molar-refractivity contribution is 9.10. The Labute approximate surface area is 108 Å². The van der Waals surface area contributed by atoms with E-state index in [-0.39, 0.29) is 0 Å². The molecule has 0 amide bonds. The Morgan fingerprint density at radius 1 is 1.53 bits per heavy atom. The van der Waals surface area contributed by atoms with E-state index in [1.807, 2.05) is 18.2 Å². The number of nitrogens with zero attached hydrogens (tertiary/aromatic N) is 2. The number of carbonyl (C=O) groups excluding carboxylic acids is 1. The third-order valence-electron chi connectivity index (χ3n) is 2.43. The monoisotopic (exact) mass is 296 g/mol. The number of benzene rings is 1. The van der Waals surface area contributed by atoms with Crippen LogP contribution in [0.5, 0.6) is 0 Å². The zero-order valence-corrected chi connectivity index (χ0v) is 11.1. The van der Waals surface area contributed by atoms with Crippen LogP contribution in [0.1, 0.15) is 19.8 Å². The smallest absolute Gasteiger partial charge is 0.435 e. The van der Waals surface area contributed by atoms with Crippen molar-refractivity contribution >= 4 is 32.9 Å². The lowest BCUT2D eigenvalue weighted by atomic mass is 10.3. The van der Waals surface area contributed by atoms with E-state index in [9.17, 15) is 4.79 Å². The van der Waals surface area contributed by atoms with Gasteiger partial charge in [-0.15, -0.1) is 0 Å². The van der Waals surface area contributed by atoms with Gasteiger partial charge in [-0.2, -0.15) is 9.78 Å². The molecule has 0 atom stereocenters. The first-order valence-corrected chi connectivity index (χ1v) is 6.32. The van der Waals surface area contributed by atoms with Gasteiger partial charge in [0.1, 0.15) is 0 Å². The number of rotatable bonds is 3. The highest BCUT2D eigenvalue weighted by Gasteiger charge is 2.11. The van der Waals surface area contributed by atoms with Crippen molar-refractivity contribution in [1.82, 2.24) is 9.78 Å². The van der Waals surface area contributed by atoms with Crippen LogP contribution in [0.3, 0.4) is 0 Å². The fourth-order valence-corrected chi connectivity index (χ4v) is 1.89. The summed E-state index contributed by atoms with van der Waals surface area (Å²) in [5, 5.41) is 4.95. The van der Waals surface area contributed by atoms with E-state index in [4.69, 9.17) is 4.74 Å². The number of fused-ring (bicyclic) bond motifs is 1. The fourth-order valence-electron chi connectivity index (χ4n) is 1.51. The van der Waals surface area contributed by atoms with Crippen molar-refractivity contribution in [3.8, 4) is 0 Å².